The van der Waals surface area contributed by atoms with Crippen LogP contribution in [-0.4, -0.2) is 43.1 Å². The van der Waals surface area contributed by atoms with Crippen LogP contribution >= 0.6 is 0 Å². The fourth-order valence-electron chi connectivity index (χ4n) is 3.45. The summed E-state index contributed by atoms with van der Waals surface area (Å²) in [7, 11) is 1.63. The Bertz CT molecular complexity index is 1270. The number of aromatic nitrogens is 6. The van der Waals surface area contributed by atoms with E-state index in [2.05, 4.69) is 15.5 Å². The fraction of sp³-hybridized carbons (Fsp3) is 0.208. The number of carbonyl (C=O) groups is 1. The summed E-state index contributed by atoms with van der Waals surface area (Å²) >= 11 is 0. The molecular formula is C24H22N6O3. The Balaban J connectivity index is 1.37. The van der Waals surface area contributed by atoms with Gasteiger partial charge in [0.05, 0.1) is 24.5 Å². The average molecular weight is 442 g/mol. The number of hydrogen-bond acceptors (Lipinski definition) is 7. The quantitative estimate of drug-likeness (QED) is 0.304. The first-order valence-electron chi connectivity index (χ1n) is 10.6. The molecule has 4 aromatic rings. The van der Waals surface area contributed by atoms with Gasteiger partial charge in [-0.2, -0.15) is 5.10 Å². The third-order valence-electron chi connectivity index (χ3n) is 5.32. The molecule has 0 unspecified atom stereocenters. The second-order valence-electron chi connectivity index (χ2n) is 7.65. The highest BCUT2D eigenvalue weighted by atomic mass is 16.5. The predicted octanol–water partition coefficient (Wildman–Crippen LogP) is 3.63. The molecule has 0 N–H and O–H groups in total. The van der Waals surface area contributed by atoms with Crippen LogP contribution in [0.15, 0.2) is 66.9 Å². The van der Waals surface area contributed by atoms with Crippen LogP contribution in [0.4, 0.5) is 0 Å². The minimum Gasteiger partial charge on any atom is -0.497 e. The van der Waals surface area contributed by atoms with E-state index in [0.29, 0.717) is 11.9 Å². The van der Waals surface area contributed by atoms with Crippen molar-refractivity contribution in [1.82, 2.24) is 30.0 Å². The van der Waals surface area contributed by atoms with Crippen molar-refractivity contribution in [3.05, 3.63) is 78.3 Å². The zero-order valence-electron chi connectivity index (χ0n) is 18.0. The van der Waals surface area contributed by atoms with Gasteiger partial charge in [-0.3, -0.25) is 0 Å². The van der Waals surface area contributed by atoms with Crippen LogP contribution in [0.25, 0.3) is 23.0 Å². The van der Waals surface area contributed by atoms with Gasteiger partial charge in [0, 0.05) is 23.4 Å². The largest absolute Gasteiger partial charge is 0.497 e. The van der Waals surface area contributed by atoms with Gasteiger partial charge < -0.3 is 9.47 Å². The van der Waals surface area contributed by atoms with Crippen LogP contribution in [-0.2, 0) is 16.1 Å². The van der Waals surface area contributed by atoms with Crippen molar-refractivity contribution in [3.63, 3.8) is 0 Å². The summed E-state index contributed by atoms with van der Waals surface area (Å²) in [4.78, 5) is 12.4. The molecule has 166 valence electrons. The lowest BCUT2D eigenvalue weighted by molar-refractivity contribution is -0.139. The molecule has 1 fully saturated rings. The number of para-hydroxylation sites is 1. The predicted molar refractivity (Wildman–Crippen MR) is 120 cm³/mol. The van der Waals surface area contributed by atoms with Crippen LogP contribution in [0, 0.1) is 0 Å². The van der Waals surface area contributed by atoms with Gasteiger partial charge in [-0.15, -0.1) is 5.10 Å². The second kappa shape index (κ2) is 9.07. The van der Waals surface area contributed by atoms with E-state index in [4.69, 9.17) is 14.6 Å². The molecule has 1 saturated carbocycles. The number of carbonyl (C=O) groups excluding carboxylic acids is 1. The Morgan fingerprint density at radius 1 is 1.12 bits per heavy atom. The van der Waals surface area contributed by atoms with Crippen molar-refractivity contribution in [2.45, 2.75) is 25.5 Å². The number of methoxy groups -OCH3 is 1. The van der Waals surface area contributed by atoms with Crippen molar-refractivity contribution < 1.29 is 14.3 Å². The van der Waals surface area contributed by atoms with E-state index in [1.54, 1.807) is 22.5 Å². The Morgan fingerprint density at radius 2 is 1.91 bits per heavy atom. The van der Waals surface area contributed by atoms with E-state index in [-0.39, 0.29) is 6.61 Å². The summed E-state index contributed by atoms with van der Waals surface area (Å²) in [5.41, 5.74) is 3.34. The lowest BCUT2D eigenvalue weighted by atomic mass is 10.1. The van der Waals surface area contributed by atoms with Gasteiger partial charge in [-0.25, -0.2) is 14.2 Å². The number of nitrogens with zero attached hydrogens (tertiary/aromatic N) is 6. The Labute approximate surface area is 190 Å². The number of ether oxygens (including phenoxy) is 2. The SMILES string of the molecule is COc1ccc(-c2nn(-c3ccccc3)cc2/C=C/C(=O)OCc2nnnn2C2CC2)cc1. The molecule has 0 saturated heterocycles. The van der Waals surface area contributed by atoms with Gasteiger partial charge in [-0.05, 0) is 65.7 Å². The highest BCUT2D eigenvalue weighted by molar-refractivity contribution is 5.88. The number of hydrogen-bond donors (Lipinski definition) is 0. The highest BCUT2D eigenvalue weighted by Crippen LogP contribution is 2.34. The summed E-state index contributed by atoms with van der Waals surface area (Å²) in [6.07, 6.45) is 7.08. The zero-order valence-corrected chi connectivity index (χ0v) is 18.0. The maximum absolute atomic E-state index is 12.4. The van der Waals surface area contributed by atoms with Crippen molar-refractivity contribution >= 4 is 12.0 Å². The molecule has 33 heavy (non-hydrogen) atoms. The molecule has 0 spiro atoms. The molecule has 2 aromatic heterocycles. The molecule has 1 aliphatic carbocycles. The maximum atomic E-state index is 12.4. The first-order valence-corrected chi connectivity index (χ1v) is 10.6. The number of esters is 1. The van der Waals surface area contributed by atoms with Gasteiger partial charge in [-0.1, -0.05) is 18.2 Å². The topological polar surface area (TPSA) is 97.0 Å². The number of benzene rings is 2. The normalized spacial score (nSPS) is 13.4. The van der Waals surface area contributed by atoms with Gasteiger partial charge in [0.2, 0.25) is 0 Å². The average Bonchev–Trinajstić information content (AvgIpc) is 3.44. The van der Waals surface area contributed by atoms with E-state index in [1.165, 1.54) is 6.08 Å². The lowest BCUT2D eigenvalue weighted by Gasteiger charge is -2.03. The first-order chi connectivity index (χ1) is 16.2. The molecule has 0 aliphatic heterocycles. The molecular weight excluding hydrogens is 420 g/mol. The fourth-order valence-corrected chi connectivity index (χ4v) is 3.45. The van der Waals surface area contributed by atoms with E-state index in [0.717, 1.165) is 41.1 Å². The van der Waals surface area contributed by atoms with Gasteiger partial charge >= 0.3 is 5.97 Å². The standard InChI is InChI=1S/C24H22N6O3/c1-32-21-12-7-17(8-13-21)24-18(15-29(26-24)19-5-3-2-4-6-19)9-14-23(31)33-16-22-25-27-28-30(22)20-10-11-20/h2-9,12-15,20H,10-11,16H2,1H3/b14-9+. The van der Waals surface area contributed by atoms with E-state index in [9.17, 15) is 4.79 Å². The van der Waals surface area contributed by atoms with E-state index in [1.807, 2.05) is 60.8 Å². The van der Waals surface area contributed by atoms with E-state index >= 15 is 0 Å². The minimum atomic E-state index is -0.478. The highest BCUT2D eigenvalue weighted by Gasteiger charge is 2.27. The lowest BCUT2D eigenvalue weighted by Crippen LogP contribution is -2.08. The molecule has 5 rings (SSSR count). The summed E-state index contributed by atoms with van der Waals surface area (Å²) in [6, 6.07) is 17.7. The molecule has 2 heterocycles. The van der Waals surface area contributed by atoms with Crippen molar-refractivity contribution in [1.29, 1.82) is 0 Å². The Hall–Kier alpha value is -4.27. The Morgan fingerprint density at radius 3 is 2.64 bits per heavy atom. The van der Waals surface area contributed by atoms with Crippen molar-refractivity contribution in [2.75, 3.05) is 7.11 Å². The monoisotopic (exact) mass is 442 g/mol. The van der Waals surface area contributed by atoms with E-state index < -0.39 is 5.97 Å². The molecule has 9 heteroatoms. The van der Waals surface area contributed by atoms with Crippen LogP contribution in [0.5, 0.6) is 5.75 Å². The molecule has 0 atom stereocenters. The summed E-state index contributed by atoms with van der Waals surface area (Å²) in [5.74, 6) is 0.832. The van der Waals surface area contributed by atoms with Crippen LogP contribution in [0.2, 0.25) is 0 Å². The van der Waals surface area contributed by atoms with Crippen molar-refractivity contribution in [3.8, 4) is 22.7 Å². The smallest absolute Gasteiger partial charge is 0.331 e. The number of tetrazole rings is 1. The molecule has 0 amide bonds. The number of rotatable bonds is 8. The second-order valence-corrected chi connectivity index (χ2v) is 7.65. The summed E-state index contributed by atoms with van der Waals surface area (Å²) < 4.78 is 14.1. The third kappa shape index (κ3) is 4.67. The molecule has 9 nitrogen and oxygen atoms in total. The van der Waals surface area contributed by atoms with Gasteiger partial charge in [0.1, 0.15) is 5.75 Å². The van der Waals surface area contributed by atoms with Crippen molar-refractivity contribution in [2.24, 2.45) is 0 Å². The van der Waals surface area contributed by atoms with Crippen LogP contribution in [0.3, 0.4) is 0 Å². The summed E-state index contributed by atoms with van der Waals surface area (Å²) in [5, 5.41) is 16.3. The molecule has 0 radical (unpaired) electrons. The Kier molecular flexibility index (Phi) is 5.67. The van der Waals surface area contributed by atoms with Crippen LogP contribution in [0.1, 0.15) is 30.3 Å². The third-order valence-corrected chi connectivity index (χ3v) is 5.32. The first kappa shape index (κ1) is 20.6. The summed E-state index contributed by atoms with van der Waals surface area (Å²) in [6.45, 7) is 0.0291. The van der Waals surface area contributed by atoms with Gasteiger partial charge in [0.25, 0.3) is 0 Å². The minimum absolute atomic E-state index is 0.0291. The maximum Gasteiger partial charge on any atom is 0.331 e. The van der Waals surface area contributed by atoms with Crippen LogP contribution < -0.4 is 4.74 Å². The molecule has 0 bridgehead atoms. The molecule has 1 aliphatic rings. The van der Waals surface area contributed by atoms with Gasteiger partial charge in [0.15, 0.2) is 12.4 Å². The molecule has 2 aromatic carbocycles. The zero-order chi connectivity index (χ0) is 22.6.